The number of urea groups is 1. The first-order valence-electron chi connectivity index (χ1n) is 8.75. The van der Waals surface area contributed by atoms with Crippen LogP contribution in [-0.2, 0) is 10.3 Å². The zero-order valence-corrected chi connectivity index (χ0v) is 15.5. The van der Waals surface area contributed by atoms with Crippen LogP contribution in [0.2, 0.25) is 0 Å². The van der Waals surface area contributed by atoms with E-state index in [0.29, 0.717) is 11.5 Å². The van der Waals surface area contributed by atoms with Gasteiger partial charge in [-0.2, -0.15) is 0 Å². The first-order valence-corrected chi connectivity index (χ1v) is 8.75. The standard InChI is InChI=1S/C21H21FN2O3/c1-13(2)14-7-9-16(10-8-14)21(3)19(26)24(20(27)23-21)12-18(25)15-5-4-6-17(22)11-15/h4-11,13H,12H2,1-3H3,(H,23,27)/t21-/m0/s1. The molecule has 1 fully saturated rings. The molecule has 0 radical (unpaired) electrons. The summed E-state index contributed by atoms with van der Waals surface area (Å²) in [6.45, 7) is 5.32. The summed E-state index contributed by atoms with van der Waals surface area (Å²) in [5.41, 5.74) is 0.642. The third kappa shape index (κ3) is 3.47. The fraction of sp³-hybridized carbons (Fsp3) is 0.286. The first kappa shape index (κ1) is 18.8. The van der Waals surface area contributed by atoms with Gasteiger partial charge in [0.15, 0.2) is 5.78 Å². The van der Waals surface area contributed by atoms with Crippen LogP contribution in [0.3, 0.4) is 0 Å². The van der Waals surface area contributed by atoms with E-state index in [4.69, 9.17) is 0 Å². The maximum Gasteiger partial charge on any atom is 0.325 e. The lowest BCUT2D eigenvalue weighted by molar-refractivity contribution is -0.130. The monoisotopic (exact) mass is 368 g/mol. The van der Waals surface area contributed by atoms with Gasteiger partial charge >= 0.3 is 6.03 Å². The molecule has 2 aromatic rings. The van der Waals surface area contributed by atoms with Crippen LogP contribution in [-0.4, -0.2) is 29.2 Å². The highest BCUT2D eigenvalue weighted by Crippen LogP contribution is 2.30. The molecule has 0 aromatic heterocycles. The van der Waals surface area contributed by atoms with Gasteiger partial charge in [-0.05, 0) is 36.1 Å². The van der Waals surface area contributed by atoms with Gasteiger partial charge in [-0.3, -0.25) is 14.5 Å². The van der Waals surface area contributed by atoms with E-state index in [9.17, 15) is 18.8 Å². The highest BCUT2D eigenvalue weighted by atomic mass is 19.1. The molecular formula is C21H21FN2O3. The van der Waals surface area contributed by atoms with Gasteiger partial charge in [0.2, 0.25) is 0 Å². The fourth-order valence-electron chi connectivity index (χ4n) is 3.13. The average Bonchev–Trinajstić information content (AvgIpc) is 2.86. The molecule has 5 nitrogen and oxygen atoms in total. The Balaban J connectivity index is 1.82. The van der Waals surface area contributed by atoms with Crippen molar-refractivity contribution in [3.8, 4) is 0 Å². The van der Waals surface area contributed by atoms with Gasteiger partial charge in [0.25, 0.3) is 5.91 Å². The SMILES string of the molecule is CC(C)c1ccc([C@]2(C)NC(=O)N(CC(=O)c3cccc(F)c3)C2=O)cc1. The number of hydrogen-bond donors (Lipinski definition) is 1. The number of ketones is 1. The summed E-state index contributed by atoms with van der Waals surface area (Å²) < 4.78 is 13.3. The van der Waals surface area contributed by atoms with Crippen LogP contribution in [0.15, 0.2) is 48.5 Å². The highest BCUT2D eigenvalue weighted by molar-refractivity contribution is 6.11. The van der Waals surface area contributed by atoms with Crippen molar-refractivity contribution >= 4 is 17.7 Å². The van der Waals surface area contributed by atoms with E-state index in [1.54, 1.807) is 6.92 Å². The van der Waals surface area contributed by atoms with Gasteiger partial charge in [0.1, 0.15) is 11.4 Å². The number of nitrogens with one attached hydrogen (secondary N) is 1. The number of halogens is 1. The summed E-state index contributed by atoms with van der Waals surface area (Å²) in [4.78, 5) is 38.5. The molecule has 2 aromatic carbocycles. The van der Waals surface area contributed by atoms with E-state index < -0.39 is 35.6 Å². The van der Waals surface area contributed by atoms with Crippen molar-refractivity contribution in [3.63, 3.8) is 0 Å². The van der Waals surface area contributed by atoms with Gasteiger partial charge in [-0.25, -0.2) is 9.18 Å². The Morgan fingerprint density at radius 2 is 1.81 bits per heavy atom. The number of amides is 3. The molecule has 1 aliphatic rings. The van der Waals surface area contributed by atoms with Gasteiger partial charge < -0.3 is 5.32 Å². The van der Waals surface area contributed by atoms with E-state index in [1.165, 1.54) is 18.2 Å². The molecule has 1 heterocycles. The van der Waals surface area contributed by atoms with E-state index in [0.717, 1.165) is 16.5 Å². The second kappa shape index (κ2) is 6.95. The number of rotatable bonds is 5. The zero-order valence-electron chi connectivity index (χ0n) is 15.5. The number of benzene rings is 2. The first-order chi connectivity index (χ1) is 12.7. The average molecular weight is 368 g/mol. The van der Waals surface area contributed by atoms with Gasteiger partial charge in [-0.1, -0.05) is 50.2 Å². The minimum Gasteiger partial charge on any atom is -0.319 e. The quantitative estimate of drug-likeness (QED) is 0.648. The van der Waals surface area contributed by atoms with Crippen LogP contribution in [0.4, 0.5) is 9.18 Å². The molecule has 1 N–H and O–H groups in total. The molecule has 27 heavy (non-hydrogen) atoms. The highest BCUT2D eigenvalue weighted by Gasteiger charge is 2.49. The second-order valence-electron chi connectivity index (χ2n) is 7.16. The Bertz CT molecular complexity index is 908. The van der Waals surface area contributed by atoms with Crippen LogP contribution < -0.4 is 5.32 Å². The predicted molar refractivity (Wildman–Crippen MR) is 98.9 cm³/mol. The topological polar surface area (TPSA) is 66.5 Å². The van der Waals surface area contributed by atoms with Crippen molar-refractivity contribution < 1.29 is 18.8 Å². The van der Waals surface area contributed by atoms with Crippen LogP contribution in [0.25, 0.3) is 0 Å². The van der Waals surface area contributed by atoms with Crippen LogP contribution in [0, 0.1) is 5.82 Å². The number of imide groups is 1. The van der Waals surface area contributed by atoms with Crippen LogP contribution in [0.5, 0.6) is 0 Å². The zero-order chi connectivity index (χ0) is 19.8. The van der Waals surface area contributed by atoms with E-state index >= 15 is 0 Å². The van der Waals surface area contributed by atoms with E-state index in [-0.39, 0.29) is 5.56 Å². The summed E-state index contributed by atoms with van der Waals surface area (Å²) in [5.74, 6) is -1.21. The number of nitrogens with zero attached hydrogens (tertiary/aromatic N) is 1. The lowest BCUT2D eigenvalue weighted by atomic mass is 9.90. The third-order valence-electron chi connectivity index (χ3n) is 4.88. The largest absolute Gasteiger partial charge is 0.325 e. The summed E-state index contributed by atoms with van der Waals surface area (Å²) >= 11 is 0. The minimum atomic E-state index is -1.24. The van der Waals surface area contributed by atoms with Crippen molar-refractivity contribution in [2.45, 2.75) is 32.2 Å². The molecule has 0 unspecified atom stereocenters. The normalized spacial score (nSPS) is 19.5. The molecular weight excluding hydrogens is 347 g/mol. The molecule has 0 spiro atoms. The van der Waals surface area contributed by atoms with Crippen molar-refractivity contribution in [2.75, 3.05) is 6.54 Å². The van der Waals surface area contributed by atoms with Crippen molar-refractivity contribution in [1.29, 1.82) is 0 Å². The molecule has 0 aliphatic carbocycles. The van der Waals surface area contributed by atoms with Gasteiger partial charge in [-0.15, -0.1) is 0 Å². The molecule has 1 saturated heterocycles. The molecule has 1 atom stereocenters. The molecule has 140 valence electrons. The molecule has 0 bridgehead atoms. The molecule has 6 heteroatoms. The maximum atomic E-state index is 13.3. The number of carbonyl (C=O) groups excluding carboxylic acids is 3. The van der Waals surface area contributed by atoms with Crippen molar-refractivity contribution in [1.82, 2.24) is 10.2 Å². The van der Waals surface area contributed by atoms with E-state index in [2.05, 4.69) is 19.2 Å². The predicted octanol–water partition coefficient (Wildman–Crippen LogP) is 3.60. The Hall–Kier alpha value is -3.02. The van der Waals surface area contributed by atoms with Gasteiger partial charge in [0.05, 0.1) is 6.54 Å². The smallest absolute Gasteiger partial charge is 0.319 e. The Morgan fingerprint density at radius 3 is 2.41 bits per heavy atom. The Labute approximate surface area is 157 Å². The Kier molecular flexibility index (Phi) is 4.83. The van der Waals surface area contributed by atoms with Crippen LogP contribution >= 0.6 is 0 Å². The molecule has 3 amide bonds. The lowest BCUT2D eigenvalue weighted by Crippen LogP contribution is -2.41. The summed E-state index contributed by atoms with van der Waals surface area (Å²) in [5, 5.41) is 2.67. The molecule has 3 rings (SSSR count). The van der Waals surface area contributed by atoms with E-state index in [1.807, 2.05) is 24.3 Å². The summed E-state index contributed by atoms with van der Waals surface area (Å²) in [6.07, 6.45) is 0. The fourth-order valence-corrected chi connectivity index (χ4v) is 3.13. The summed E-state index contributed by atoms with van der Waals surface area (Å²) in [7, 11) is 0. The molecule has 1 aliphatic heterocycles. The van der Waals surface area contributed by atoms with Crippen molar-refractivity contribution in [2.24, 2.45) is 0 Å². The number of hydrogen-bond acceptors (Lipinski definition) is 3. The second-order valence-corrected chi connectivity index (χ2v) is 7.16. The third-order valence-corrected chi connectivity index (χ3v) is 4.88. The maximum absolute atomic E-state index is 13.3. The lowest BCUT2D eigenvalue weighted by Gasteiger charge is -2.22. The molecule has 0 saturated carbocycles. The Morgan fingerprint density at radius 1 is 1.15 bits per heavy atom. The van der Waals surface area contributed by atoms with Gasteiger partial charge in [0, 0.05) is 5.56 Å². The number of Topliss-reactive ketones (excluding diaryl/α,β-unsaturated/α-hetero) is 1. The van der Waals surface area contributed by atoms with Crippen molar-refractivity contribution in [3.05, 3.63) is 71.0 Å². The van der Waals surface area contributed by atoms with Crippen LogP contribution in [0.1, 0.15) is 48.2 Å². The number of carbonyl (C=O) groups is 3. The summed E-state index contributed by atoms with van der Waals surface area (Å²) in [6, 6.07) is 12.0. The minimum absolute atomic E-state index is 0.116.